The minimum Gasteiger partial charge on any atom is -0.504 e. The molecule has 7 heteroatoms. The van der Waals surface area contributed by atoms with Crippen molar-refractivity contribution in [2.45, 2.75) is 38.5 Å². The first-order chi connectivity index (χ1) is 15.9. The van der Waals surface area contributed by atoms with Crippen LogP contribution in [0.15, 0.2) is 30.3 Å². The highest BCUT2D eigenvalue weighted by molar-refractivity contribution is 5.55. The van der Waals surface area contributed by atoms with Crippen molar-refractivity contribution in [2.24, 2.45) is 5.92 Å². The van der Waals surface area contributed by atoms with Crippen molar-refractivity contribution >= 4 is 0 Å². The van der Waals surface area contributed by atoms with Gasteiger partial charge in [-0.25, -0.2) is 0 Å². The lowest BCUT2D eigenvalue weighted by Crippen LogP contribution is -2.32. The molecule has 0 fully saturated rings. The van der Waals surface area contributed by atoms with Crippen molar-refractivity contribution in [3.8, 4) is 34.8 Å². The summed E-state index contributed by atoms with van der Waals surface area (Å²) < 4.78 is 21.3. The molecule has 0 aliphatic heterocycles. The summed E-state index contributed by atoms with van der Waals surface area (Å²) in [5.74, 6) is 2.15. The Morgan fingerprint density at radius 3 is 2.21 bits per heavy atom. The van der Waals surface area contributed by atoms with Gasteiger partial charge in [0.05, 0.1) is 39.9 Å². The van der Waals surface area contributed by atoms with Crippen LogP contribution in [0.1, 0.15) is 37.8 Å². The summed E-state index contributed by atoms with van der Waals surface area (Å²) in [7, 11) is 6.26. The van der Waals surface area contributed by atoms with Crippen LogP contribution in [-0.2, 0) is 11.8 Å². The van der Waals surface area contributed by atoms with Crippen LogP contribution in [0.4, 0.5) is 0 Å². The van der Waals surface area contributed by atoms with E-state index in [0.717, 1.165) is 48.6 Å². The first-order valence-electron chi connectivity index (χ1n) is 11.1. The molecule has 2 rings (SSSR count). The molecule has 180 valence electrons. The zero-order valence-electron chi connectivity index (χ0n) is 20.5. The predicted molar refractivity (Wildman–Crippen MR) is 129 cm³/mol. The van der Waals surface area contributed by atoms with Gasteiger partial charge in [-0.3, -0.25) is 0 Å². The topological polar surface area (TPSA) is 93.0 Å². The summed E-state index contributed by atoms with van der Waals surface area (Å²) in [6.45, 7) is 5.65. The summed E-state index contributed by atoms with van der Waals surface area (Å²) in [5.41, 5.74) is 1.15. The maximum absolute atomic E-state index is 10.4. The van der Waals surface area contributed by atoms with E-state index >= 15 is 0 Å². The molecule has 1 unspecified atom stereocenters. The minimum atomic E-state index is -0.748. The molecule has 0 aromatic heterocycles. The fourth-order valence-corrected chi connectivity index (χ4v) is 4.10. The van der Waals surface area contributed by atoms with Crippen molar-refractivity contribution in [1.82, 2.24) is 5.32 Å². The number of aromatic hydroxyl groups is 1. The van der Waals surface area contributed by atoms with Gasteiger partial charge in [-0.15, -0.1) is 0 Å². The highest BCUT2D eigenvalue weighted by Crippen LogP contribution is 2.44. The summed E-state index contributed by atoms with van der Waals surface area (Å²) in [6.07, 6.45) is 2.32. The average molecular weight is 457 g/mol. The van der Waals surface area contributed by atoms with Gasteiger partial charge in [-0.2, -0.15) is 5.26 Å². The molecule has 0 aliphatic rings. The number of methoxy groups -OCH3 is 4. The number of rotatable bonds is 13. The van der Waals surface area contributed by atoms with Crippen molar-refractivity contribution in [3.05, 3.63) is 41.5 Å². The van der Waals surface area contributed by atoms with Crippen molar-refractivity contribution in [1.29, 1.82) is 5.26 Å². The average Bonchev–Trinajstić information content (AvgIpc) is 2.82. The molecule has 0 amide bonds. The molecular formula is C26H36N2O5. The molecule has 0 saturated carbocycles. The van der Waals surface area contributed by atoms with E-state index in [0.29, 0.717) is 12.2 Å². The maximum Gasteiger partial charge on any atom is 0.203 e. The quantitative estimate of drug-likeness (QED) is 0.430. The van der Waals surface area contributed by atoms with Gasteiger partial charge in [0.2, 0.25) is 5.75 Å². The Kier molecular flexibility index (Phi) is 9.68. The smallest absolute Gasteiger partial charge is 0.203 e. The summed E-state index contributed by atoms with van der Waals surface area (Å²) in [5, 5.41) is 24.1. The molecule has 33 heavy (non-hydrogen) atoms. The van der Waals surface area contributed by atoms with Crippen molar-refractivity contribution in [2.75, 3.05) is 41.5 Å². The molecule has 0 heterocycles. The Labute approximate surface area is 197 Å². The molecule has 0 bridgehead atoms. The highest BCUT2D eigenvalue weighted by Gasteiger charge is 2.37. The van der Waals surface area contributed by atoms with E-state index in [9.17, 15) is 10.4 Å². The van der Waals surface area contributed by atoms with Crippen LogP contribution in [0.3, 0.4) is 0 Å². The zero-order chi connectivity index (χ0) is 24.4. The number of nitriles is 1. The standard InChI is InChI=1S/C26H36N2O5/c1-18(2)26(17-27,20-15-21(29)25(33-6)24(16-20)32-5)11-7-12-28-13-10-19-8-9-22(30-3)23(14-19)31-4/h8-9,14-16,18,28-29H,7,10-13H2,1-6H3. The lowest BCUT2D eigenvalue weighted by molar-refractivity contribution is 0.323. The molecule has 0 aliphatic carbocycles. The van der Waals surface area contributed by atoms with Gasteiger partial charge in [0, 0.05) is 0 Å². The van der Waals surface area contributed by atoms with Crippen LogP contribution in [0.2, 0.25) is 0 Å². The summed E-state index contributed by atoms with van der Waals surface area (Å²) >= 11 is 0. The third-order valence-corrected chi connectivity index (χ3v) is 6.12. The van der Waals surface area contributed by atoms with Gasteiger partial charge in [-0.1, -0.05) is 19.9 Å². The third kappa shape index (κ3) is 6.02. The minimum absolute atomic E-state index is 0.0276. The monoisotopic (exact) mass is 456 g/mol. The second-order valence-electron chi connectivity index (χ2n) is 8.26. The number of benzene rings is 2. The van der Waals surface area contributed by atoms with Crippen LogP contribution in [0.25, 0.3) is 0 Å². The van der Waals surface area contributed by atoms with Gasteiger partial charge in [-0.05, 0) is 73.7 Å². The number of ether oxygens (including phenoxy) is 4. The Morgan fingerprint density at radius 2 is 1.64 bits per heavy atom. The molecule has 0 radical (unpaired) electrons. The molecular weight excluding hydrogens is 420 g/mol. The molecule has 0 saturated heterocycles. The van der Waals surface area contributed by atoms with Gasteiger partial charge < -0.3 is 29.4 Å². The number of hydrogen-bond acceptors (Lipinski definition) is 7. The molecule has 2 aromatic carbocycles. The van der Waals surface area contributed by atoms with Crippen LogP contribution in [0.5, 0.6) is 28.7 Å². The largest absolute Gasteiger partial charge is 0.504 e. The van der Waals surface area contributed by atoms with Gasteiger partial charge in [0.15, 0.2) is 23.0 Å². The van der Waals surface area contributed by atoms with E-state index < -0.39 is 5.41 Å². The van der Waals surface area contributed by atoms with Crippen LogP contribution >= 0.6 is 0 Å². The van der Waals surface area contributed by atoms with Crippen molar-refractivity contribution in [3.63, 3.8) is 0 Å². The second-order valence-corrected chi connectivity index (χ2v) is 8.26. The predicted octanol–water partition coefficient (Wildman–Crippen LogP) is 4.46. The number of nitrogens with one attached hydrogen (secondary N) is 1. The molecule has 2 aromatic rings. The number of hydrogen-bond donors (Lipinski definition) is 2. The van der Waals surface area contributed by atoms with Gasteiger partial charge >= 0.3 is 0 Å². The van der Waals surface area contributed by atoms with Gasteiger partial charge in [0.1, 0.15) is 0 Å². The van der Waals surface area contributed by atoms with Crippen LogP contribution in [0, 0.1) is 17.2 Å². The molecule has 7 nitrogen and oxygen atoms in total. The van der Waals surface area contributed by atoms with E-state index in [1.165, 1.54) is 14.2 Å². The zero-order valence-corrected chi connectivity index (χ0v) is 20.5. The number of phenolic OH excluding ortho intramolecular Hbond substituents is 1. The van der Waals surface area contributed by atoms with Gasteiger partial charge in [0.25, 0.3) is 0 Å². The Hall–Kier alpha value is -3.11. The first-order valence-corrected chi connectivity index (χ1v) is 11.1. The normalized spacial score (nSPS) is 12.7. The SMILES string of the molecule is COc1ccc(CCNCCCC(C#N)(c2cc(O)c(OC)c(OC)c2)C(C)C)cc1OC. The summed E-state index contributed by atoms with van der Waals surface area (Å²) in [6, 6.07) is 11.9. The highest BCUT2D eigenvalue weighted by atomic mass is 16.5. The van der Waals surface area contributed by atoms with E-state index in [-0.39, 0.29) is 17.4 Å². The van der Waals surface area contributed by atoms with E-state index in [1.54, 1.807) is 26.4 Å². The van der Waals surface area contributed by atoms with E-state index in [4.69, 9.17) is 18.9 Å². The lowest BCUT2D eigenvalue weighted by atomic mass is 9.69. The van der Waals surface area contributed by atoms with E-state index in [2.05, 4.69) is 11.4 Å². The third-order valence-electron chi connectivity index (χ3n) is 6.12. The summed E-state index contributed by atoms with van der Waals surface area (Å²) in [4.78, 5) is 0. The van der Waals surface area contributed by atoms with E-state index in [1.807, 2.05) is 32.0 Å². The lowest BCUT2D eigenvalue weighted by Gasteiger charge is -2.32. The fourth-order valence-electron chi connectivity index (χ4n) is 4.10. The number of nitrogens with zero attached hydrogens (tertiary/aromatic N) is 1. The second kappa shape index (κ2) is 12.2. The van der Waals surface area contributed by atoms with Crippen LogP contribution in [-0.4, -0.2) is 46.6 Å². The molecule has 2 N–H and O–H groups in total. The van der Waals surface area contributed by atoms with Crippen LogP contribution < -0.4 is 24.3 Å². The Bertz CT molecular complexity index is 954. The molecule has 1 atom stereocenters. The van der Waals surface area contributed by atoms with Crippen molar-refractivity contribution < 1.29 is 24.1 Å². The Morgan fingerprint density at radius 1 is 0.939 bits per heavy atom. The number of phenols is 1. The Balaban J connectivity index is 2.01. The fraction of sp³-hybridized carbons (Fsp3) is 0.500. The first kappa shape index (κ1) is 26.1. The maximum atomic E-state index is 10.4. The molecule has 0 spiro atoms.